The molecule has 0 atom stereocenters. The van der Waals surface area contributed by atoms with Crippen molar-refractivity contribution in [3.8, 4) is 28.6 Å². The number of alkyl halides is 6. The van der Waals surface area contributed by atoms with Crippen molar-refractivity contribution in [2.75, 3.05) is 0 Å². The van der Waals surface area contributed by atoms with Gasteiger partial charge in [-0.15, -0.1) is 0 Å². The van der Waals surface area contributed by atoms with E-state index in [0.717, 1.165) is 12.1 Å². The first-order valence-electron chi connectivity index (χ1n) is 7.53. The number of nitrogens with zero attached hydrogens (tertiary/aromatic N) is 2. The number of hydrogen-bond acceptors (Lipinski definition) is 5. The van der Waals surface area contributed by atoms with E-state index in [4.69, 9.17) is 4.52 Å². The highest BCUT2D eigenvalue weighted by atomic mass is 19.4. The Morgan fingerprint density at radius 3 is 1.75 bits per heavy atom. The van der Waals surface area contributed by atoms with Crippen LogP contribution in [-0.2, 0) is 5.60 Å². The Balaban J connectivity index is 1.94. The van der Waals surface area contributed by atoms with E-state index in [-0.39, 0.29) is 23.0 Å². The van der Waals surface area contributed by atoms with Crippen molar-refractivity contribution < 1.29 is 41.1 Å². The zero-order valence-corrected chi connectivity index (χ0v) is 13.6. The monoisotopic (exact) mass is 404 g/mol. The van der Waals surface area contributed by atoms with Crippen molar-refractivity contribution in [3.63, 3.8) is 0 Å². The van der Waals surface area contributed by atoms with Crippen molar-refractivity contribution in [1.29, 1.82) is 0 Å². The molecule has 1 heterocycles. The molecule has 0 unspecified atom stereocenters. The minimum atomic E-state index is -5.97. The van der Waals surface area contributed by atoms with Gasteiger partial charge in [0, 0.05) is 16.7 Å². The maximum Gasteiger partial charge on any atom is 0.430 e. The second kappa shape index (κ2) is 6.51. The number of hydrogen-bond donors (Lipinski definition) is 2. The number of phenolic OH excluding ortho intramolecular Hbond substituents is 1. The van der Waals surface area contributed by atoms with Crippen LogP contribution in [0.2, 0.25) is 0 Å². The van der Waals surface area contributed by atoms with E-state index in [1.54, 1.807) is 0 Å². The summed E-state index contributed by atoms with van der Waals surface area (Å²) in [7, 11) is 0. The van der Waals surface area contributed by atoms with Crippen LogP contribution in [-0.4, -0.2) is 32.7 Å². The molecular weight excluding hydrogens is 394 g/mol. The van der Waals surface area contributed by atoms with E-state index >= 15 is 0 Å². The largest absolute Gasteiger partial charge is 0.508 e. The van der Waals surface area contributed by atoms with Crippen LogP contribution >= 0.6 is 0 Å². The summed E-state index contributed by atoms with van der Waals surface area (Å²) >= 11 is 0. The number of aromatic hydroxyl groups is 1. The van der Waals surface area contributed by atoms with Crippen LogP contribution in [0.5, 0.6) is 5.75 Å². The van der Waals surface area contributed by atoms with Gasteiger partial charge >= 0.3 is 12.4 Å². The molecular formula is C17H10F6N2O3. The third-order valence-electron chi connectivity index (χ3n) is 3.92. The summed E-state index contributed by atoms with van der Waals surface area (Å²) in [5, 5.41) is 22.3. The SMILES string of the molecule is Oc1ccc(-c2noc(-c3ccc(C(O)(C(F)(F)F)C(F)(F)F)cc3)n2)cc1. The lowest BCUT2D eigenvalue weighted by Crippen LogP contribution is -2.53. The van der Waals surface area contributed by atoms with Gasteiger partial charge in [0.1, 0.15) is 5.75 Å². The zero-order chi connectivity index (χ0) is 20.7. The molecule has 0 amide bonds. The van der Waals surface area contributed by atoms with Gasteiger partial charge in [-0.3, -0.25) is 0 Å². The Bertz CT molecular complexity index is 948. The van der Waals surface area contributed by atoms with Gasteiger partial charge < -0.3 is 14.7 Å². The molecule has 2 N–H and O–H groups in total. The molecule has 28 heavy (non-hydrogen) atoms. The average Bonchev–Trinajstić information content (AvgIpc) is 3.10. The Hall–Kier alpha value is -3.08. The number of aromatic nitrogens is 2. The topological polar surface area (TPSA) is 79.4 Å². The van der Waals surface area contributed by atoms with E-state index in [9.17, 15) is 36.6 Å². The lowest BCUT2D eigenvalue weighted by molar-refractivity contribution is -0.376. The molecule has 3 rings (SSSR count). The smallest absolute Gasteiger partial charge is 0.430 e. The first kappa shape index (κ1) is 19.7. The van der Waals surface area contributed by atoms with Gasteiger partial charge in [-0.05, 0) is 36.4 Å². The molecule has 5 nitrogen and oxygen atoms in total. The third kappa shape index (κ3) is 3.28. The van der Waals surface area contributed by atoms with Crippen molar-refractivity contribution in [2.45, 2.75) is 18.0 Å². The minimum absolute atomic E-state index is 0.00451. The van der Waals surface area contributed by atoms with E-state index in [1.165, 1.54) is 24.3 Å². The predicted octanol–water partition coefficient (Wildman–Crippen LogP) is 4.42. The molecule has 0 bridgehead atoms. The summed E-state index contributed by atoms with van der Waals surface area (Å²) < 4.78 is 82.4. The molecule has 0 aliphatic heterocycles. The molecule has 2 aromatic carbocycles. The van der Waals surface area contributed by atoms with E-state index < -0.39 is 23.5 Å². The van der Waals surface area contributed by atoms with Gasteiger partial charge in [-0.2, -0.15) is 31.3 Å². The molecule has 0 fully saturated rings. The minimum Gasteiger partial charge on any atom is -0.508 e. The van der Waals surface area contributed by atoms with Crippen LogP contribution in [0.4, 0.5) is 26.3 Å². The molecule has 3 aromatic rings. The van der Waals surface area contributed by atoms with Crippen LogP contribution in [0, 0.1) is 0 Å². The molecule has 0 saturated heterocycles. The number of halogens is 6. The Labute approximate surface area is 152 Å². The fraction of sp³-hybridized carbons (Fsp3) is 0.176. The fourth-order valence-corrected chi connectivity index (χ4v) is 2.41. The van der Waals surface area contributed by atoms with Crippen LogP contribution in [0.25, 0.3) is 22.8 Å². The van der Waals surface area contributed by atoms with Crippen molar-refractivity contribution in [1.82, 2.24) is 10.1 Å². The van der Waals surface area contributed by atoms with Gasteiger partial charge in [0.15, 0.2) is 0 Å². The predicted molar refractivity (Wildman–Crippen MR) is 82.8 cm³/mol. The number of rotatable bonds is 3. The summed E-state index contributed by atoms with van der Waals surface area (Å²) in [5.74, 6) is -0.0526. The second-order valence-corrected chi connectivity index (χ2v) is 5.75. The Kier molecular flexibility index (Phi) is 4.58. The molecule has 0 radical (unpaired) electrons. The molecule has 0 spiro atoms. The van der Waals surface area contributed by atoms with E-state index in [2.05, 4.69) is 10.1 Å². The van der Waals surface area contributed by atoms with Crippen LogP contribution in [0.3, 0.4) is 0 Å². The highest BCUT2D eigenvalue weighted by Crippen LogP contribution is 2.50. The van der Waals surface area contributed by atoms with Crippen LogP contribution < -0.4 is 0 Å². The highest BCUT2D eigenvalue weighted by Gasteiger charge is 2.71. The maximum atomic E-state index is 12.9. The van der Waals surface area contributed by atoms with Crippen molar-refractivity contribution in [2.24, 2.45) is 0 Å². The molecule has 0 saturated carbocycles. The van der Waals surface area contributed by atoms with Gasteiger partial charge in [0.05, 0.1) is 0 Å². The molecule has 11 heteroatoms. The maximum absolute atomic E-state index is 12.9. The van der Waals surface area contributed by atoms with Gasteiger partial charge in [-0.25, -0.2) is 0 Å². The quantitative estimate of drug-likeness (QED) is 0.632. The summed E-state index contributed by atoms with van der Waals surface area (Å²) in [6, 6.07) is 8.48. The summed E-state index contributed by atoms with van der Waals surface area (Å²) in [6.45, 7) is 0. The molecule has 0 aliphatic carbocycles. The third-order valence-corrected chi connectivity index (χ3v) is 3.92. The van der Waals surface area contributed by atoms with Gasteiger partial charge in [0.25, 0.3) is 11.5 Å². The average molecular weight is 404 g/mol. The second-order valence-electron chi connectivity index (χ2n) is 5.75. The first-order chi connectivity index (χ1) is 12.9. The zero-order valence-electron chi connectivity index (χ0n) is 13.6. The van der Waals surface area contributed by atoms with Crippen LogP contribution in [0.1, 0.15) is 5.56 Å². The van der Waals surface area contributed by atoms with Crippen LogP contribution in [0.15, 0.2) is 53.1 Å². The van der Waals surface area contributed by atoms with Gasteiger partial charge in [-0.1, -0.05) is 17.3 Å². The number of aliphatic hydroxyl groups is 1. The van der Waals surface area contributed by atoms with Crippen molar-refractivity contribution >= 4 is 0 Å². The lowest BCUT2D eigenvalue weighted by atomic mass is 9.91. The molecule has 0 aliphatic rings. The number of phenols is 1. The molecule has 148 valence electrons. The summed E-state index contributed by atoms with van der Waals surface area (Å²) in [6.07, 6.45) is -11.9. The fourth-order valence-electron chi connectivity index (χ4n) is 2.41. The highest BCUT2D eigenvalue weighted by molar-refractivity contribution is 5.60. The lowest BCUT2D eigenvalue weighted by Gasteiger charge is -2.32. The van der Waals surface area contributed by atoms with Gasteiger partial charge in [0.2, 0.25) is 5.82 Å². The Morgan fingerprint density at radius 2 is 1.25 bits per heavy atom. The van der Waals surface area contributed by atoms with Crippen molar-refractivity contribution in [3.05, 3.63) is 54.1 Å². The molecule has 1 aromatic heterocycles. The van der Waals surface area contributed by atoms with E-state index in [1.807, 2.05) is 0 Å². The summed E-state index contributed by atoms with van der Waals surface area (Å²) in [4.78, 5) is 4.00. The standard InChI is InChI=1S/C17H10F6N2O3/c18-16(19,20)15(27,17(21,22)23)11-5-1-10(2-6-11)14-24-13(25-28-14)9-3-7-12(26)8-4-9/h1-8,26-27H. The normalized spacial score (nSPS) is 13.0. The van der Waals surface area contributed by atoms with E-state index in [0.29, 0.717) is 17.7 Å². The first-order valence-corrected chi connectivity index (χ1v) is 7.53. The Morgan fingerprint density at radius 1 is 0.750 bits per heavy atom. The summed E-state index contributed by atoms with van der Waals surface area (Å²) in [5.41, 5.74) is -5.89. The number of benzene rings is 2.